The molecule has 0 bridgehead atoms. The predicted molar refractivity (Wildman–Crippen MR) is 55.3 cm³/mol. The van der Waals surface area contributed by atoms with Crippen molar-refractivity contribution in [1.82, 2.24) is 0 Å². The van der Waals surface area contributed by atoms with E-state index >= 15 is 0 Å². The molecule has 1 aliphatic heterocycles. The second-order valence-corrected chi connectivity index (χ2v) is 3.58. The molecule has 1 unspecified atom stereocenters. The highest BCUT2D eigenvalue weighted by atomic mass is 16.7. The molecule has 1 rings (SSSR count). The molecule has 4 nitrogen and oxygen atoms in total. The molecule has 0 amide bonds. The fraction of sp³-hybridized carbons (Fsp3) is 0.727. The van der Waals surface area contributed by atoms with Crippen LogP contribution in [0.15, 0.2) is 12.7 Å². The summed E-state index contributed by atoms with van der Waals surface area (Å²) < 4.78 is 15.8. The highest BCUT2D eigenvalue weighted by Crippen LogP contribution is 2.14. The molecule has 2 atom stereocenters. The van der Waals surface area contributed by atoms with E-state index in [1.165, 1.54) is 0 Å². The summed E-state index contributed by atoms with van der Waals surface area (Å²) in [6, 6.07) is 0. The van der Waals surface area contributed by atoms with E-state index in [2.05, 4.69) is 6.58 Å². The van der Waals surface area contributed by atoms with Crippen molar-refractivity contribution >= 4 is 5.97 Å². The standard InChI is InChI=1S/C11H18O4/c1-3-10(12)15-9(2)8-14-11-6-4-5-7-13-11/h3,9,11H,1,4-8H2,2H3/t9-,11?/m0/s1. The molecule has 0 aromatic carbocycles. The van der Waals surface area contributed by atoms with Crippen LogP contribution in [-0.2, 0) is 19.0 Å². The van der Waals surface area contributed by atoms with Gasteiger partial charge in [0.2, 0.25) is 0 Å². The second-order valence-electron chi connectivity index (χ2n) is 3.58. The molecule has 86 valence electrons. The molecule has 4 heteroatoms. The van der Waals surface area contributed by atoms with E-state index in [0.29, 0.717) is 6.61 Å². The van der Waals surface area contributed by atoms with E-state index in [1.807, 2.05) is 0 Å². The monoisotopic (exact) mass is 214 g/mol. The number of ether oxygens (including phenoxy) is 3. The lowest BCUT2D eigenvalue weighted by molar-refractivity contribution is -0.181. The fourth-order valence-corrected chi connectivity index (χ4v) is 1.37. The van der Waals surface area contributed by atoms with Gasteiger partial charge in [-0.05, 0) is 26.2 Å². The zero-order chi connectivity index (χ0) is 11.1. The molecule has 1 fully saturated rings. The van der Waals surface area contributed by atoms with Gasteiger partial charge in [0.25, 0.3) is 0 Å². The summed E-state index contributed by atoms with van der Waals surface area (Å²) in [5, 5.41) is 0. The van der Waals surface area contributed by atoms with Crippen molar-refractivity contribution in [2.24, 2.45) is 0 Å². The first-order chi connectivity index (χ1) is 7.22. The number of carbonyl (C=O) groups is 1. The van der Waals surface area contributed by atoms with Crippen LogP contribution in [0.25, 0.3) is 0 Å². The third kappa shape index (κ3) is 4.95. The SMILES string of the molecule is C=CC(=O)O[C@@H](C)COC1CCCCO1. The van der Waals surface area contributed by atoms with E-state index in [1.54, 1.807) is 6.92 Å². The molecule has 0 aliphatic carbocycles. The summed E-state index contributed by atoms with van der Waals surface area (Å²) in [5.41, 5.74) is 0. The van der Waals surface area contributed by atoms with Crippen molar-refractivity contribution in [3.63, 3.8) is 0 Å². The lowest BCUT2D eigenvalue weighted by atomic mass is 10.2. The average Bonchev–Trinajstić information content (AvgIpc) is 2.27. The van der Waals surface area contributed by atoms with Crippen LogP contribution in [0.2, 0.25) is 0 Å². The van der Waals surface area contributed by atoms with Crippen molar-refractivity contribution in [2.45, 2.75) is 38.6 Å². The summed E-state index contributed by atoms with van der Waals surface area (Å²) in [6.07, 6.45) is 3.90. The highest BCUT2D eigenvalue weighted by molar-refractivity contribution is 5.81. The number of esters is 1. The van der Waals surface area contributed by atoms with Crippen LogP contribution < -0.4 is 0 Å². The quantitative estimate of drug-likeness (QED) is 0.515. The number of hydrogen-bond donors (Lipinski definition) is 0. The Morgan fingerprint density at radius 1 is 1.67 bits per heavy atom. The van der Waals surface area contributed by atoms with E-state index in [0.717, 1.165) is 31.9 Å². The highest BCUT2D eigenvalue weighted by Gasteiger charge is 2.16. The fourth-order valence-electron chi connectivity index (χ4n) is 1.37. The van der Waals surface area contributed by atoms with Gasteiger partial charge in [-0.15, -0.1) is 0 Å². The van der Waals surface area contributed by atoms with Gasteiger partial charge in [0.05, 0.1) is 6.61 Å². The first-order valence-corrected chi connectivity index (χ1v) is 5.28. The summed E-state index contributed by atoms with van der Waals surface area (Å²) in [7, 11) is 0. The van der Waals surface area contributed by atoms with Crippen LogP contribution in [-0.4, -0.2) is 31.6 Å². The van der Waals surface area contributed by atoms with E-state index in [4.69, 9.17) is 14.2 Å². The van der Waals surface area contributed by atoms with Gasteiger partial charge in [-0.25, -0.2) is 4.79 Å². The van der Waals surface area contributed by atoms with Crippen molar-refractivity contribution in [1.29, 1.82) is 0 Å². The third-order valence-electron chi connectivity index (χ3n) is 2.14. The van der Waals surface area contributed by atoms with Gasteiger partial charge in [-0.1, -0.05) is 6.58 Å². The molecule has 0 spiro atoms. The first kappa shape index (κ1) is 12.2. The van der Waals surface area contributed by atoms with Crippen molar-refractivity contribution in [2.75, 3.05) is 13.2 Å². The summed E-state index contributed by atoms with van der Waals surface area (Å²) >= 11 is 0. The van der Waals surface area contributed by atoms with Crippen molar-refractivity contribution in [3.8, 4) is 0 Å². The minimum atomic E-state index is -0.421. The molecule has 0 aromatic rings. The number of rotatable bonds is 5. The maximum atomic E-state index is 10.8. The third-order valence-corrected chi connectivity index (χ3v) is 2.14. The van der Waals surface area contributed by atoms with Crippen molar-refractivity contribution in [3.05, 3.63) is 12.7 Å². The molecule has 15 heavy (non-hydrogen) atoms. The molecule has 0 N–H and O–H groups in total. The summed E-state index contributed by atoms with van der Waals surface area (Å²) in [5.74, 6) is -0.421. The maximum absolute atomic E-state index is 10.8. The molecule has 1 aliphatic rings. The van der Waals surface area contributed by atoms with Crippen LogP contribution >= 0.6 is 0 Å². The van der Waals surface area contributed by atoms with Gasteiger partial charge in [0.1, 0.15) is 6.10 Å². The largest absolute Gasteiger partial charge is 0.457 e. The normalized spacial score (nSPS) is 23.1. The molecule has 1 saturated heterocycles. The minimum Gasteiger partial charge on any atom is -0.457 e. The zero-order valence-electron chi connectivity index (χ0n) is 9.11. The van der Waals surface area contributed by atoms with Crippen molar-refractivity contribution < 1.29 is 19.0 Å². The Balaban J connectivity index is 2.12. The lowest BCUT2D eigenvalue weighted by Crippen LogP contribution is -2.27. The van der Waals surface area contributed by atoms with Gasteiger partial charge in [-0.2, -0.15) is 0 Å². The van der Waals surface area contributed by atoms with Gasteiger partial charge >= 0.3 is 5.97 Å². The molecular weight excluding hydrogens is 196 g/mol. The molecule has 1 heterocycles. The van der Waals surface area contributed by atoms with Gasteiger partial charge in [0.15, 0.2) is 6.29 Å². The number of carbonyl (C=O) groups excluding carboxylic acids is 1. The Hall–Kier alpha value is -0.870. The lowest BCUT2D eigenvalue weighted by Gasteiger charge is -2.24. The van der Waals surface area contributed by atoms with Crippen LogP contribution in [0.5, 0.6) is 0 Å². The Bertz CT molecular complexity index is 209. The smallest absolute Gasteiger partial charge is 0.330 e. The first-order valence-electron chi connectivity index (χ1n) is 5.28. The predicted octanol–water partition coefficient (Wildman–Crippen LogP) is 1.65. The van der Waals surface area contributed by atoms with Gasteiger partial charge in [-0.3, -0.25) is 0 Å². The van der Waals surface area contributed by atoms with Crippen LogP contribution in [0.3, 0.4) is 0 Å². The van der Waals surface area contributed by atoms with Gasteiger partial charge < -0.3 is 14.2 Å². The average molecular weight is 214 g/mol. The molecule has 0 saturated carbocycles. The Morgan fingerprint density at radius 3 is 3.07 bits per heavy atom. The molecule has 0 radical (unpaired) electrons. The maximum Gasteiger partial charge on any atom is 0.330 e. The van der Waals surface area contributed by atoms with Crippen LogP contribution in [0.1, 0.15) is 26.2 Å². The summed E-state index contributed by atoms with van der Waals surface area (Å²) in [4.78, 5) is 10.8. The minimum absolute atomic E-state index is 0.136. The van der Waals surface area contributed by atoms with Crippen LogP contribution in [0, 0.1) is 0 Å². The summed E-state index contributed by atoms with van der Waals surface area (Å²) in [6.45, 7) is 6.23. The van der Waals surface area contributed by atoms with E-state index in [9.17, 15) is 4.79 Å². The number of hydrogen-bond acceptors (Lipinski definition) is 4. The second kappa shape index (κ2) is 6.58. The van der Waals surface area contributed by atoms with Gasteiger partial charge in [0, 0.05) is 12.7 Å². The molecule has 0 aromatic heterocycles. The Labute approximate surface area is 90.2 Å². The zero-order valence-corrected chi connectivity index (χ0v) is 9.11. The topological polar surface area (TPSA) is 44.8 Å². The van der Waals surface area contributed by atoms with E-state index < -0.39 is 5.97 Å². The Kier molecular flexibility index (Phi) is 5.36. The Morgan fingerprint density at radius 2 is 2.47 bits per heavy atom. The molecular formula is C11H18O4. The van der Waals surface area contributed by atoms with E-state index in [-0.39, 0.29) is 12.4 Å². The van der Waals surface area contributed by atoms with Crippen LogP contribution in [0.4, 0.5) is 0 Å².